The SMILES string of the molecule is O=C(COc1ccccc1)Nc1cccc(-c2nc3cc(Cl)cc(Cl)c3o2)c1. The van der Waals surface area contributed by atoms with Gasteiger partial charge >= 0.3 is 0 Å². The van der Waals surface area contributed by atoms with Crippen LogP contribution in [0.2, 0.25) is 10.0 Å². The molecule has 140 valence electrons. The highest BCUT2D eigenvalue weighted by molar-refractivity contribution is 6.38. The van der Waals surface area contributed by atoms with Crippen LogP contribution in [0, 0.1) is 0 Å². The largest absolute Gasteiger partial charge is 0.484 e. The lowest BCUT2D eigenvalue weighted by Crippen LogP contribution is -2.20. The lowest BCUT2D eigenvalue weighted by molar-refractivity contribution is -0.118. The number of ether oxygens (including phenoxy) is 1. The maximum atomic E-state index is 12.1. The summed E-state index contributed by atoms with van der Waals surface area (Å²) in [5.41, 5.74) is 2.33. The third-order valence-corrected chi connectivity index (χ3v) is 4.41. The van der Waals surface area contributed by atoms with Gasteiger partial charge in [-0.25, -0.2) is 4.98 Å². The second kappa shape index (κ2) is 7.92. The minimum absolute atomic E-state index is 0.0920. The van der Waals surface area contributed by atoms with E-state index in [1.165, 1.54) is 0 Å². The van der Waals surface area contributed by atoms with Crippen LogP contribution < -0.4 is 10.1 Å². The van der Waals surface area contributed by atoms with Gasteiger partial charge in [0.15, 0.2) is 12.2 Å². The van der Waals surface area contributed by atoms with E-state index >= 15 is 0 Å². The Balaban J connectivity index is 1.50. The van der Waals surface area contributed by atoms with Gasteiger partial charge < -0.3 is 14.5 Å². The van der Waals surface area contributed by atoms with Gasteiger partial charge in [0.1, 0.15) is 11.3 Å². The van der Waals surface area contributed by atoms with Gasteiger partial charge in [0.05, 0.1) is 5.02 Å². The van der Waals surface area contributed by atoms with Crippen LogP contribution in [0.3, 0.4) is 0 Å². The van der Waals surface area contributed by atoms with E-state index in [4.69, 9.17) is 32.4 Å². The fourth-order valence-electron chi connectivity index (χ4n) is 2.68. The molecule has 0 atom stereocenters. The van der Waals surface area contributed by atoms with Crippen LogP contribution in [0.1, 0.15) is 0 Å². The molecule has 0 saturated carbocycles. The summed E-state index contributed by atoms with van der Waals surface area (Å²) in [5, 5.41) is 3.67. The zero-order valence-corrected chi connectivity index (χ0v) is 16.0. The first kappa shape index (κ1) is 18.3. The highest BCUT2D eigenvalue weighted by Gasteiger charge is 2.13. The number of hydrogen-bond donors (Lipinski definition) is 1. The Bertz CT molecular complexity index is 1140. The van der Waals surface area contributed by atoms with Crippen LogP contribution in [-0.4, -0.2) is 17.5 Å². The summed E-state index contributed by atoms with van der Waals surface area (Å²) in [6.07, 6.45) is 0. The van der Waals surface area contributed by atoms with Gasteiger partial charge in [-0.1, -0.05) is 47.5 Å². The van der Waals surface area contributed by atoms with Crippen LogP contribution in [0.4, 0.5) is 5.69 Å². The molecule has 3 aromatic carbocycles. The molecule has 1 N–H and O–H groups in total. The van der Waals surface area contributed by atoms with E-state index in [0.29, 0.717) is 44.0 Å². The van der Waals surface area contributed by atoms with Crippen LogP contribution in [0.15, 0.2) is 71.1 Å². The van der Waals surface area contributed by atoms with Gasteiger partial charge in [0, 0.05) is 16.3 Å². The van der Waals surface area contributed by atoms with Gasteiger partial charge in [-0.05, 0) is 42.5 Å². The Kier molecular flexibility index (Phi) is 5.19. The summed E-state index contributed by atoms with van der Waals surface area (Å²) in [4.78, 5) is 16.6. The number of para-hydroxylation sites is 1. The van der Waals surface area contributed by atoms with E-state index < -0.39 is 0 Å². The Labute approximate surface area is 170 Å². The molecule has 4 rings (SSSR count). The molecule has 28 heavy (non-hydrogen) atoms. The first-order chi connectivity index (χ1) is 13.6. The standard InChI is InChI=1S/C21H14Cl2N2O3/c22-14-10-17(23)20-18(11-14)25-21(28-20)13-5-4-6-15(9-13)24-19(26)12-27-16-7-2-1-3-8-16/h1-11H,12H2,(H,24,26). The first-order valence-electron chi connectivity index (χ1n) is 8.42. The fourth-order valence-corrected chi connectivity index (χ4v) is 3.20. The summed E-state index contributed by atoms with van der Waals surface area (Å²) in [6, 6.07) is 19.6. The number of nitrogens with one attached hydrogen (secondary N) is 1. The van der Waals surface area contributed by atoms with Gasteiger partial charge in [0.25, 0.3) is 5.91 Å². The van der Waals surface area contributed by atoms with E-state index in [0.717, 1.165) is 0 Å². The molecular formula is C21H14Cl2N2O3. The van der Waals surface area contributed by atoms with E-state index in [2.05, 4.69) is 10.3 Å². The molecular weight excluding hydrogens is 399 g/mol. The quantitative estimate of drug-likeness (QED) is 0.448. The minimum Gasteiger partial charge on any atom is -0.484 e. The number of carbonyl (C=O) groups excluding carboxylic acids is 1. The van der Waals surface area contributed by atoms with Crippen molar-refractivity contribution in [2.45, 2.75) is 0 Å². The molecule has 1 heterocycles. The molecule has 1 amide bonds. The van der Waals surface area contributed by atoms with Crippen molar-refractivity contribution in [3.05, 3.63) is 76.8 Å². The molecule has 1 aromatic heterocycles. The summed E-state index contributed by atoms with van der Waals surface area (Å²) in [7, 11) is 0. The van der Waals surface area contributed by atoms with Crippen molar-refractivity contribution in [2.75, 3.05) is 11.9 Å². The third-order valence-electron chi connectivity index (χ3n) is 3.92. The Morgan fingerprint density at radius 3 is 2.68 bits per heavy atom. The monoisotopic (exact) mass is 412 g/mol. The number of amides is 1. The molecule has 0 bridgehead atoms. The lowest BCUT2D eigenvalue weighted by atomic mass is 10.2. The number of rotatable bonds is 5. The molecule has 5 nitrogen and oxygen atoms in total. The van der Waals surface area contributed by atoms with Gasteiger partial charge in [-0.2, -0.15) is 0 Å². The van der Waals surface area contributed by atoms with Crippen LogP contribution in [0.25, 0.3) is 22.6 Å². The van der Waals surface area contributed by atoms with Crippen LogP contribution >= 0.6 is 23.2 Å². The average molecular weight is 413 g/mol. The Hall–Kier alpha value is -3.02. The van der Waals surface area contributed by atoms with Crippen molar-refractivity contribution in [3.63, 3.8) is 0 Å². The number of carbonyl (C=O) groups is 1. The molecule has 0 spiro atoms. The summed E-state index contributed by atoms with van der Waals surface area (Å²) >= 11 is 12.2. The van der Waals surface area contributed by atoms with Gasteiger partial charge in [-0.15, -0.1) is 0 Å². The van der Waals surface area contributed by atoms with Crippen LogP contribution in [-0.2, 0) is 4.79 Å². The second-order valence-corrected chi connectivity index (χ2v) is 6.83. The average Bonchev–Trinajstić information content (AvgIpc) is 3.12. The molecule has 0 fully saturated rings. The normalized spacial score (nSPS) is 10.8. The highest BCUT2D eigenvalue weighted by atomic mass is 35.5. The first-order valence-corrected chi connectivity index (χ1v) is 9.18. The predicted octanol–water partition coefficient (Wildman–Crippen LogP) is 5.82. The van der Waals surface area contributed by atoms with E-state index in [1.807, 2.05) is 24.3 Å². The van der Waals surface area contributed by atoms with Gasteiger partial charge in [0.2, 0.25) is 5.89 Å². The molecule has 7 heteroatoms. The van der Waals surface area contributed by atoms with Gasteiger partial charge in [-0.3, -0.25) is 4.79 Å². The molecule has 0 aliphatic rings. The fraction of sp³-hybridized carbons (Fsp3) is 0.0476. The van der Waals surface area contributed by atoms with Crippen LogP contribution in [0.5, 0.6) is 5.75 Å². The minimum atomic E-state index is -0.270. The summed E-state index contributed by atoms with van der Waals surface area (Å²) in [6.45, 7) is -0.0920. The zero-order valence-electron chi connectivity index (χ0n) is 14.5. The summed E-state index contributed by atoms with van der Waals surface area (Å²) in [5.74, 6) is 0.748. The maximum Gasteiger partial charge on any atom is 0.262 e. The van der Waals surface area contributed by atoms with E-state index in [9.17, 15) is 4.79 Å². The summed E-state index contributed by atoms with van der Waals surface area (Å²) < 4.78 is 11.2. The highest BCUT2D eigenvalue weighted by Crippen LogP contribution is 2.32. The molecule has 0 saturated heterocycles. The molecule has 0 aliphatic heterocycles. The number of halogens is 2. The van der Waals surface area contributed by atoms with Crippen molar-refractivity contribution in [1.82, 2.24) is 4.98 Å². The van der Waals surface area contributed by atoms with E-state index in [-0.39, 0.29) is 12.5 Å². The number of nitrogens with zero attached hydrogens (tertiary/aromatic N) is 1. The molecule has 0 aliphatic carbocycles. The molecule has 0 radical (unpaired) electrons. The topological polar surface area (TPSA) is 64.4 Å². The van der Waals surface area contributed by atoms with Crippen molar-refractivity contribution in [2.24, 2.45) is 0 Å². The number of aromatic nitrogens is 1. The van der Waals surface area contributed by atoms with Crippen molar-refractivity contribution >= 4 is 45.9 Å². The molecule has 4 aromatic rings. The number of hydrogen-bond acceptors (Lipinski definition) is 4. The zero-order chi connectivity index (χ0) is 19.5. The number of fused-ring (bicyclic) bond motifs is 1. The third kappa shape index (κ3) is 4.11. The van der Waals surface area contributed by atoms with E-state index in [1.54, 1.807) is 42.5 Å². The number of benzene rings is 3. The van der Waals surface area contributed by atoms with Crippen molar-refractivity contribution < 1.29 is 13.9 Å². The second-order valence-electron chi connectivity index (χ2n) is 5.99. The maximum absolute atomic E-state index is 12.1. The Morgan fingerprint density at radius 1 is 1.04 bits per heavy atom. The molecule has 0 unspecified atom stereocenters. The number of oxazole rings is 1. The Morgan fingerprint density at radius 2 is 1.86 bits per heavy atom. The lowest BCUT2D eigenvalue weighted by Gasteiger charge is -2.08. The number of anilines is 1. The predicted molar refractivity (Wildman–Crippen MR) is 110 cm³/mol. The van der Waals surface area contributed by atoms with Crippen molar-refractivity contribution in [1.29, 1.82) is 0 Å². The smallest absolute Gasteiger partial charge is 0.262 e. The van der Waals surface area contributed by atoms with Crippen molar-refractivity contribution in [3.8, 4) is 17.2 Å².